The van der Waals surface area contributed by atoms with Crippen molar-refractivity contribution >= 4 is 11.7 Å². The molecule has 0 saturated carbocycles. The van der Waals surface area contributed by atoms with E-state index in [1.165, 1.54) is 11.0 Å². The van der Waals surface area contributed by atoms with E-state index in [0.717, 1.165) is 12.1 Å². The normalized spacial score (nSPS) is 15.9. The second-order valence-electron chi connectivity index (χ2n) is 7.75. The number of ether oxygens (including phenoxy) is 2. The molecule has 1 unspecified atom stereocenters. The van der Waals surface area contributed by atoms with Crippen LogP contribution < -0.4 is 14.8 Å². The molecule has 3 aromatic rings. The van der Waals surface area contributed by atoms with Crippen molar-refractivity contribution in [3.05, 3.63) is 59.7 Å². The third-order valence-electron chi connectivity index (χ3n) is 5.29. The van der Waals surface area contributed by atoms with Crippen molar-refractivity contribution in [2.24, 2.45) is 0 Å². The minimum atomic E-state index is -4.58. The lowest BCUT2D eigenvalue weighted by Crippen LogP contribution is -2.33. The number of urea groups is 1. The molecule has 1 aliphatic heterocycles. The van der Waals surface area contributed by atoms with E-state index in [1.54, 1.807) is 31.2 Å². The van der Waals surface area contributed by atoms with Gasteiger partial charge in [0.05, 0.1) is 17.9 Å². The highest BCUT2D eigenvalue weighted by atomic mass is 19.4. The van der Waals surface area contributed by atoms with E-state index in [0.29, 0.717) is 49.3 Å². The highest BCUT2D eigenvalue weighted by Crippen LogP contribution is 2.37. The van der Waals surface area contributed by atoms with E-state index in [9.17, 15) is 18.0 Å². The van der Waals surface area contributed by atoms with Crippen molar-refractivity contribution in [2.45, 2.75) is 32.4 Å². The SMILES string of the molecule is CCOc1ccc(Oc2ccc(C(F)(F)F)cc2NC(=O)N2CCC(c3noc(C)n3)C2)cc1. The standard InChI is InChI=1S/C23H23F3N4O4/c1-3-32-17-5-7-18(8-6-17)33-20-9-4-16(23(24,25)26)12-19(20)28-22(31)30-11-10-15(13-30)21-27-14(2)34-29-21/h4-9,12,15H,3,10-11,13H2,1-2H3,(H,28,31). The maximum atomic E-state index is 13.3. The fraction of sp³-hybridized carbons (Fsp3) is 0.348. The third-order valence-corrected chi connectivity index (χ3v) is 5.29. The molecule has 0 spiro atoms. The van der Waals surface area contributed by atoms with Gasteiger partial charge in [0.2, 0.25) is 5.89 Å². The van der Waals surface area contributed by atoms with Crippen molar-refractivity contribution in [2.75, 3.05) is 25.0 Å². The molecule has 1 aliphatic rings. The van der Waals surface area contributed by atoms with Gasteiger partial charge in [-0.2, -0.15) is 18.2 Å². The first-order valence-corrected chi connectivity index (χ1v) is 10.7. The number of rotatable bonds is 6. The Morgan fingerprint density at radius 1 is 1.21 bits per heavy atom. The van der Waals surface area contributed by atoms with Crippen LogP contribution in [0.2, 0.25) is 0 Å². The molecule has 180 valence electrons. The number of nitrogens with one attached hydrogen (secondary N) is 1. The van der Waals surface area contributed by atoms with Crippen LogP contribution in [-0.4, -0.2) is 40.8 Å². The zero-order valence-corrected chi connectivity index (χ0v) is 18.6. The Labute approximate surface area is 193 Å². The van der Waals surface area contributed by atoms with Crippen molar-refractivity contribution in [1.82, 2.24) is 15.0 Å². The highest BCUT2D eigenvalue weighted by Gasteiger charge is 2.33. The van der Waals surface area contributed by atoms with Crippen LogP contribution in [0.1, 0.15) is 36.5 Å². The van der Waals surface area contributed by atoms with Gasteiger partial charge in [0.25, 0.3) is 0 Å². The zero-order chi connectivity index (χ0) is 24.3. The van der Waals surface area contributed by atoms with Crippen molar-refractivity contribution in [3.63, 3.8) is 0 Å². The van der Waals surface area contributed by atoms with Gasteiger partial charge in [-0.25, -0.2) is 4.79 Å². The molecular weight excluding hydrogens is 453 g/mol. The summed E-state index contributed by atoms with van der Waals surface area (Å²) in [6.07, 6.45) is -3.96. The number of hydrogen-bond acceptors (Lipinski definition) is 6. The summed E-state index contributed by atoms with van der Waals surface area (Å²) in [7, 11) is 0. The number of aryl methyl sites for hydroxylation is 1. The first kappa shape index (κ1) is 23.4. The average Bonchev–Trinajstić information content (AvgIpc) is 3.45. The summed E-state index contributed by atoms with van der Waals surface area (Å²) in [6.45, 7) is 4.75. The summed E-state index contributed by atoms with van der Waals surface area (Å²) in [5.74, 6) is 1.92. The van der Waals surface area contributed by atoms with Crippen LogP contribution in [0.4, 0.5) is 23.7 Å². The lowest BCUT2D eigenvalue weighted by atomic mass is 10.1. The van der Waals surface area contributed by atoms with Gasteiger partial charge >= 0.3 is 12.2 Å². The number of hydrogen-bond donors (Lipinski definition) is 1. The van der Waals surface area contributed by atoms with Gasteiger partial charge in [0.15, 0.2) is 11.6 Å². The van der Waals surface area contributed by atoms with Crippen LogP contribution in [-0.2, 0) is 6.18 Å². The van der Waals surface area contributed by atoms with Gasteiger partial charge in [-0.15, -0.1) is 0 Å². The zero-order valence-electron chi connectivity index (χ0n) is 18.6. The molecule has 11 heteroatoms. The molecule has 2 heterocycles. The molecule has 1 fully saturated rings. The number of carbonyl (C=O) groups excluding carboxylic acids is 1. The topological polar surface area (TPSA) is 89.7 Å². The van der Waals surface area contributed by atoms with E-state index in [1.807, 2.05) is 6.92 Å². The number of benzene rings is 2. The number of amides is 2. The molecule has 4 rings (SSSR count). The van der Waals surface area contributed by atoms with Crippen molar-refractivity contribution in [1.29, 1.82) is 0 Å². The molecule has 2 aromatic carbocycles. The van der Waals surface area contributed by atoms with Crippen molar-refractivity contribution in [3.8, 4) is 17.2 Å². The Bertz CT molecular complexity index is 1150. The molecule has 0 bridgehead atoms. The van der Waals surface area contributed by atoms with Crippen LogP contribution in [0, 0.1) is 6.92 Å². The van der Waals surface area contributed by atoms with Crippen LogP contribution in [0.5, 0.6) is 17.2 Å². The fourth-order valence-corrected chi connectivity index (χ4v) is 3.62. The quantitative estimate of drug-likeness (QED) is 0.498. The number of nitrogens with zero attached hydrogens (tertiary/aromatic N) is 3. The average molecular weight is 476 g/mol. The smallest absolute Gasteiger partial charge is 0.416 e. The molecule has 0 radical (unpaired) electrons. The molecule has 34 heavy (non-hydrogen) atoms. The van der Waals surface area contributed by atoms with E-state index in [2.05, 4.69) is 15.5 Å². The molecule has 2 amide bonds. The number of alkyl halides is 3. The maximum Gasteiger partial charge on any atom is 0.416 e. The summed E-state index contributed by atoms with van der Waals surface area (Å²) < 4.78 is 56.1. The van der Waals surface area contributed by atoms with E-state index >= 15 is 0 Å². The van der Waals surface area contributed by atoms with E-state index in [4.69, 9.17) is 14.0 Å². The Kier molecular flexibility index (Phi) is 6.62. The predicted molar refractivity (Wildman–Crippen MR) is 116 cm³/mol. The fourth-order valence-electron chi connectivity index (χ4n) is 3.62. The first-order chi connectivity index (χ1) is 16.2. The molecule has 1 N–H and O–H groups in total. The first-order valence-electron chi connectivity index (χ1n) is 10.7. The molecule has 8 nitrogen and oxygen atoms in total. The largest absolute Gasteiger partial charge is 0.494 e. The second-order valence-corrected chi connectivity index (χ2v) is 7.75. The summed E-state index contributed by atoms with van der Waals surface area (Å²) >= 11 is 0. The second kappa shape index (κ2) is 9.62. The van der Waals surface area contributed by atoms with E-state index < -0.39 is 17.8 Å². The molecule has 1 saturated heterocycles. The summed E-state index contributed by atoms with van der Waals surface area (Å²) in [6, 6.07) is 9.04. The van der Waals surface area contributed by atoms with Gasteiger partial charge in [0.1, 0.15) is 11.5 Å². The molecule has 0 aliphatic carbocycles. The molecule has 1 aromatic heterocycles. The van der Waals surface area contributed by atoms with Gasteiger partial charge < -0.3 is 24.2 Å². The minimum absolute atomic E-state index is 0.0787. The number of anilines is 1. The van der Waals surface area contributed by atoms with Gasteiger partial charge in [-0.3, -0.25) is 0 Å². The lowest BCUT2D eigenvalue weighted by molar-refractivity contribution is -0.137. The van der Waals surface area contributed by atoms with Crippen molar-refractivity contribution < 1.29 is 32.0 Å². The van der Waals surface area contributed by atoms with E-state index in [-0.39, 0.29) is 17.4 Å². The predicted octanol–water partition coefficient (Wildman–Crippen LogP) is 5.61. The Hall–Kier alpha value is -3.76. The Morgan fingerprint density at radius 3 is 2.59 bits per heavy atom. The Balaban J connectivity index is 1.52. The Morgan fingerprint density at radius 2 is 1.94 bits per heavy atom. The summed E-state index contributed by atoms with van der Waals surface area (Å²) in [5.41, 5.74) is -0.990. The van der Waals surface area contributed by atoms with Crippen LogP contribution >= 0.6 is 0 Å². The van der Waals surface area contributed by atoms with Crippen LogP contribution in [0.15, 0.2) is 47.0 Å². The monoisotopic (exact) mass is 476 g/mol. The highest BCUT2D eigenvalue weighted by molar-refractivity contribution is 5.91. The maximum absolute atomic E-state index is 13.3. The molecule has 1 atom stereocenters. The van der Waals surface area contributed by atoms with Gasteiger partial charge in [-0.1, -0.05) is 5.16 Å². The third kappa shape index (κ3) is 5.41. The number of carbonyl (C=O) groups is 1. The number of aromatic nitrogens is 2. The number of likely N-dealkylation sites (tertiary alicyclic amines) is 1. The summed E-state index contributed by atoms with van der Waals surface area (Å²) in [5, 5.41) is 6.46. The van der Waals surface area contributed by atoms with Gasteiger partial charge in [-0.05, 0) is 55.8 Å². The minimum Gasteiger partial charge on any atom is -0.494 e. The number of halogens is 3. The summed E-state index contributed by atoms with van der Waals surface area (Å²) in [4.78, 5) is 18.6. The van der Waals surface area contributed by atoms with Gasteiger partial charge in [0, 0.05) is 25.9 Å². The lowest BCUT2D eigenvalue weighted by Gasteiger charge is -2.20. The van der Waals surface area contributed by atoms with Crippen LogP contribution in [0.25, 0.3) is 0 Å². The molecular formula is C23H23F3N4O4. The van der Waals surface area contributed by atoms with Crippen LogP contribution in [0.3, 0.4) is 0 Å².